The quantitative estimate of drug-likeness (QED) is 0.528. The van der Waals surface area contributed by atoms with Gasteiger partial charge in [0.15, 0.2) is 0 Å². The van der Waals surface area contributed by atoms with Gasteiger partial charge in [0, 0.05) is 38.3 Å². The van der Waals surface area contributed by atoms with Crippen molar-refractivity contribution in [3.05, 3.63) is 47.8 Å². The summed E-state index contributed by atoms with van der Waals surface area (Å²) >= 11 is 0. The highest BCUT2D eigenvalue weighted by Gasteiger charge is 2.13. The number of ether oxygens (including phenoxy) is 1. The third-order valence-corrected chi connectivity index (χ3v) is 4.78. The van der Waals surface area contributed by atoms with Crippen LogP contribution in [0.15, 0.2) is 36.4 Å². The molecule has 1 aliphatic rings. The van der Waals surface area contributed by atoms with Gasteiger partial charge < -0.3 is 20.3 Å². The normalized spacial score (nSPS) is 14.1. The average Bonchev–Trinajstić information content (AvgIpc) is 2.76. The van der Waals surface area contributed by atoms with Crippen LogP contribution in [0.25, 0.3) is 6.08 Å². The molecule has 2 heterocycles. The van der Waals surface area contributed by atoms with Gasteiger partial charge >= 0.3 is 0 Å². The highest BCUT2D eigenvalue weighted by Crippen LogP contribution is 2.20. The summed E-state index contributed by atoms with van der Waals surface area (Å²) < 4.78 is 5.12. The molecule has 1 aromatic carbocycles. The Kier molecular flexibility index (Phi) is 7.44. The van der Waals surface area contributed by atoms with Gasteiger partial charge in [0.1, 0.15) is 23.2 Å². The fraction of sp³-hybridized carbons (Fsp3) is 0.409. The predicted octanol–water partition coefficient (Wildman–Crippen LogP) is 3.03. The average molecular weight is 396 g/mol. The minimum absolute atomic E-state index is 0.129. The van der Waals surface area contributed by atoms with Crippen LogP contribution in [-0.2, 0) is 4.79 Å². The van der Waals surface area contributed by atoms with Crippen molar-refractivity contribution in [3.63, 3.8) is 0 Å². The number of carbonyl (C=O) groups is 1. The van der Waals surface area contributed by atoms with Gasteiger partial charge in [0.25, 0.3) is 0 Å². The van der Waals surface area contributed by atoms with Gasteiger partial charge in [-0.05, 0) is 50.0 Å². The van der Waals surface area contributed by atoms with E-state index in [1.165, 1.54) is 25.3 Å². The van der Waals surface area contributed by atoms with Crippen molar-refractivity contribution < 1.29 is 9.53 Å². The van der Waals surface area contributed by atoms with E-state index in [0.29, 0.717) is 13.1 Å². The minimum atomic E-state index is -0.129. The number of hydrogen-bond donors (Lipinski definition) is 2. The zero-order chi connectivity index (χ0) is 20.5. The zero-order valence-corrected chi connectivity index (χ0v) is 17.1. The number of nitrogens with one attached hydrogen (secondary N) is 2. The van der Waals surface area contributed by atoms with Crippen LogP contribution >= 0.6 is 0 Å². The lowest BCUT2D eigenvalue weighted by Gasteiger charge is -2.28. The fourth-order valence-corrected chi connectivity index (χ4v) is 3.25. The van der Waals surface area contributed by atoms with E-state index in [0.717, 1.165) is 41.9 Å². The molecule has 1 fully saturated rings. The van der Waals surface area contributed by atoms with Crippen molar-refractivity contribution >= 4 is 23.6 Å². The summed E-state index contributed by atoms with van der Waals surface area (Å²) in [5, 5.41) is 6.15. The van der Waals surface area contributed by atoms with E-state index >= 15 is 0 Å². The first-order valence-electron chi connectivity index (χ1n) is 10.1. The summed E-state index contributed by atoms with van der Waals surface area (Å²) in [4.78, 5) is 23.3. The molecule has 1 aromatic heterocycles. The Hall–Kier alpha value is -3.09. The Morgan fingerprint density at radius 2 is 1.90 bits per heavy atom. The fourth-order valence-electron chi connectivity index (χ4n) is 3.25. The van der Waals surface area contributed by atoms with E-state index in [1.807, 2.05) is 37.3 Å². The molecule has 1 aliphatic heterocycles. The van der Waals surface area contributed by atoms with Crippen molar-refractivity contribution in [2.75, 3.05) is 43.5 Å². The van der Waals surface area contributed by atoms with Crippen molar-refractivity contribution in [2.45, 2.75) is 26.2 Å². The maximum atomic E-state index is 12.0. The molecule has 2 aromatic rings. The smallest absolute Gasteiger partial charge is 0.244 e. The van der Waals surface area contributed by atoms with Crippen LogP contribution in [0.1, 0.15) is 30.7 Å². The largest absolute Gasteiger partial charge is 0.497 e. The number of benzene rings is 1. The van der Waals surface area contributed by atoms with Crippen molar-refractivity contribution in [1.82, 2.24) is 15.3 Å². The van der Waals surface area contributed by atoms with Gasteiger partial charge in [-0.15, -0.1) is 0 Å². The van der Waals surface area contributed by atoms with Crippen LogP contribution in [0.2, 0.25) is 0 Å². The molecule has 29 heavy (non-hydrogen) atoms. The van der Waals surface area contributed by atoms with E-state index < -0.39 is 0 Å². The number of hydrogen-bond acceptors (Lipinski definition) is 6. The lowest BCUT2D eigenvalue weighted by atomic mass is 10.1. The number of nitrogens with zero attached hydrogens (tertiary/aromatic N) is 3. The third kappa shape index (κ3) is 6.48. The maximum absolute atomic E-state index is 12.0. The number of methoxy groups -OCH3 is 1. The Bertz CT molecular complexity index is 830. The van der Waals surface area contributed by atoms with Gasteiger partial charge in [-0.25, -0.2) is 9.97 Å². The molecule has 0 atom stereocenters. The third-order valence-electron chi connectivity index (χ3n) is 4.78. The lowest BCUT2D eigenvalue weighted by molar-refractivity contribution is -0.116. The number of anilines is 2. The number of aromatic nitrogens is 2. The van der Waals surface area contributed by atoms with Crippen LogP contribution in [0, 0.1) is 6.92 Å². The van der Waals surface area contributed by atoms with Crippen molar-refractivity contribution in [3.8, 4) is 5.75 Å². The Balaban J connectivity index is 1.44. The summed E-state index contributed by atoms with van der Waals surface area (Å²) in [6.07, 6.45) is 7.02. The molecule has 0 spiro atoms. The Morgan fingerprint density at radius 3 is 2.62 bits per heavy atom. The lowest BCUT2D eigenvalue weighted by Crippen LogP contribution is -2.30. The molecule has 2 N–H and O–H groups in total. The molecule has 0 aliphatic carbocycles. The molecule has 0 radical (unpaired) electrons. The van der Waals surface area contributed by atoms with E-state index in [-0.39, 0.29) is 5.91 Å². The molecule has 7 nitrogen and oxygen atoms in total. The van der Waals surface area contributed by atoms with Gasteiger partial charge in [0.05, 0.1) is 7.11 Å². The molecular weight excluding hydrogens is 366 g/mol. The maximum Gasteiger partial charge on any atom is 0.244 e. The number of aryl methyl sites for hydroxylation is 1. The Morgan fingerprint density at radius 1 is 1.14 bits per heavy atom. The van der Waals surface area contributed by atoms with Crippen LogP contribution in [0.5, 0.6) is 5.75 Å². The molecule has 1 amide bonds. The van der Waals surface area contributed by atoms with Gasteiger partial charge in [-0.3, -0.25) is 4.79 Å². The summed E-state index contributed by atoms with van der Waals surface area (Å²) in [6.45, 7) is 5.11. The highest BCUT2D eigenvalue weighted by molar-refractivity contribution is 5.91. The van der Waals surface area contributed by atoms with Crippen molar-refractivity contribution in [2.24, 2.45) is 0 Å². The first-order chi connectivity index (χ1) is 14.1. The van der Waals surface area contributed by atoms with E-state index in [2.05, 4.69) is 25.5 Å². The SMILES string of the molecule is COc1ccc(/C=C/C(=O)NCCNc2cc(N3CCCCC3)nc(C)n2)cc1. The van der Waals surface area contributed by atoms with E-state index in [9.17, 15) is 4.79 Å². The van der Waals surface area contributed by atoms with Gasteiger partial charge in [0.2, 0.25) is 5.91 Å². The second kappa shape index (κ2) is 10.5. The highest BCUT2D eigenvalue weighted by atomic mass is 16.5. The molecule has 1 saturated heterocycles. The minimum Gasteiger partial charge on any atom is -0.497 e. The summed E-state index contributed by atoms with van der Waals surface area (Å²) in [5.41, 5.74) is 0.945. The molecular formula is C22H29N5O2. The molecule has 3 rings (SSSR count). The summed E-state index contributed by atoms with van der Waals surface area (Å²) in [6, 6.07) is 9.53. The number of carbonyl (C=O) groups excluding carboxylic acids is 1. The molecule has 154 valence electrons. The first kappa shape index (κ1) is 20.6. The molecule has 0 saturated carbocycles. The molecule has 7 heteroatoms. The number of piperidine rings is 1. The van der Waals surface area contributed by atoms with Crippen molar-refractivity contribution in [1.29, 1.82) is 0 Å². The predicted molar refractivity (Wildman–Crippen MR) is 116 cm³/mol. The van der Waals surface area contributed by atoms with Crippen LogP contribution in [0.3, 0.4) is 0 Å². The van der Waals surface area contributed by atoms with E-state index in [4.69, 9.17) is 4.74 Å². The van der Waals surface area contributed by atoms with Crippen LogP contribution in [-0.4, -0.2) is 49.2 Å². The topological polar surface area (TPSA) is 79.4 Å². The molecule has 0 unspecified atom stereocenters. The molecule has 0 bridgehead atoms. The van der Waals surface area contributed by atoms with Gasteiger partial charge in [-0.2, -0.15) is 0 Å². The second-order valence-electron chi connectivity index (χ2n) is 7.03. The van der Waals surface area contributed by atoms with E-state index in [1.54, 1.807) is 13.2 Å². The second-order valence-corrected chi connectivity index (χ2v) is 7.03. The number of amides is 1. The summed E-state index contributed by atoms with van der Waals surface area (Å²) in [5.74, 6) is 3.19. The Labute approximate surface area is 172 Å². The van der Waals surface area contributed by atoms with Crippen LogP contribution < -0.4 is 20.3 Å². The first-order valence-corrected chi connectivity index (χ1v) is 10.1. The van der Waals surface area contributed by atoms with Gasteiger partial charge in [-0.1, -0.05) is 12.1 Å². The zero-order valence-electron chi connectivity index (χ0n) is 17.1. The van der Waals surface area contributed by atoms with Crippen LogP contribution in [0.4, 0.5) is 11.6 Å². The standard InChI is InChI=1S/C22H29N5O2/c1-17-25-20(16-21(26-17)27-14-4-3-5-15-27)23-12-13-24-22(28)11-8-18-6-9-19(29-2)10-7-18/h6-11,16H,3-5,12-15H2,1-2H3,(H,24,28)(H,23,25,26)/b11-8+. The summed E-state index contributed by atoms with van der Waals surface area (Å²) in [7, 11) is 1.63. The number of rotatable bonds is 8. The monoisotopic (exact) mass is 395 g/mol.